The summed E-state index contributed by atoms with van der Waals surface area (Å²) in [6, 6.07) is -2.51. The SMILES string of the molecule is C#CCOC(=O)N(C)C(C)C(=O)N(C)C(C)C(=O)N(C)C(C)C(=O)OCCC. The van der Waals surface area contributed by atoms with Crippen molar-refractivity contribution in [1.82, 2.24) is 14.7 Å². The van der Waals surface area contributed by atoms with Crippen LogP contribution in [0.1, 0.15) is 34.1 Å². The van der Waals surface area contributed by atoms with Crippen LogP contribution in [0.15, 0.2) is 0 Å². The number of carbonyl (C=O) groups is 4. The van der Waals surface area contributed by atoms with Crippen molar-refractivity contribution in [2.45, 2.75) is 52.2 Å². The van der Waals surface area contributed by atoms with Crippen LogP contribution in [-0.4, -0.2) is 91.1 Å². The molecular formula is C19H31N3O6. The van der Waals surface area contributed by atoms with E-state index >= 15 is 0 Å². The van der Waals surface area contributed by atoms with E-state index in [9.17, 15) is 19.2 Å². The highest BCUT2D eigenvalue weighted by molar-refractivity contribution is 5.92. The molecule has 0 rings (SSSR count). The van der Waals surface area contributed by atoms with Crippen molar-refractivity contribution in [1.29, 1.82) is 0 Å². The minimum absolute atomic E-state index is 0.203. The van der Waals surface area contributed by atoms with Crippen molar-refractivity contribution in [2.75, 3.05) is 34.4 Å². The quantitative estimate of drug-likeness (QED) is 0.420. The van der Waals surface area contributed by atoms with Crippen LogP contribution in [0.3, 0.4) is 0 Å². The number of carbonyl (C=O) groups excluding carboxylic acids is 4. The highest BCUT2D eigenvalue weighted by Gasteiger charge is 2.34. The Bertz CT molecular complexity index is 615. The minimum Gasteiger partial charge on any atom is -0.464 e. The minimum atomic E-state index is -0.872. The molecule has 0 N–H and O–H groups in total. The summed E-state index contributed by atoms with van der Waals surface area (Å²) >= 11 is 0. The number of ether oxygens (including phenoxy) is 2. The topological polar surface area (TPSA) is 96.5 Å². The molecule has 0 aliphatic rings. The average molecular weight is 397 g/mol. The van der Waals surface area contributed by atoms with Crippen LogP contribution < -0.4 is 0 Å². The van der Waals surface area contributed by atoms with Crippen molar-refractivity contribution in [3.63, 3.8) is 0 Å². The zero-order valence-corrected chi connectivity index (χ0v) is 17.7. The summed E-state index contributed by atoms with van der Waals surface area (Å²) in [6.45, 7) is 6.56. The van der Waals surface area contributed by atoms with E-state index in [-0.39, 0.29) is 13.2 Å². The number of hydrogen-bond acceptors (Lipinski definition) is 6. The van der Waals surface area contributed by atoms with Crippen LogP contribution in [0, 0.1) is 12.3 Å². The molecule has 0 saturated heterocycles. The Kier molecular flexibility index (Phi) is 10.7. The van der Waals surface area contributed by atoms with Gasteiger partial charge in [0.1, 0.15) is 18.1 Å². The van der Waals surface area contributed by atoms with Crippen molar-refractivity contribution in [3.8, 4) is 12.3 Å². The van der Waals surface area contributed by atoms with Crippen LogP contribution >= 0.6 is 0 Å². The molecule has 0 fully saturated rings. The Morgan fingerprint density at radius 1 is 0.857 bits per heavy atom. The van der Waals surface area contributed by atoms with Gasteiger partial charge in [-0.15, -0.1) is 6.42 Å². The molecule has 0 aromatic rings. The van der Waals surface area contributed by atoms with E-state index in [1.54, 1.807) is 13.8 Å². The normalized spacial score (nSPS) is 13.4. The lowest BCUT2D eigenvalue weighted by Gasteiger charge is -2.33. The molecule has 0 spiro atoms. The fourth-order valence-electron chi connectivity index (χ4n) is 2.15. The summed E-state index contributed by atoms with van der Waals surface area (Å²) in [5.41, 5.74) is 0. The van der Waals surface area contributed by atoms with Crippen molar-refractivity contribution >= 4 is 23.9 Å². The van der Waals surface area contributed by atoms with Gasteiger partial charge >= 0.3 is 12.1 Å². The molecule has 0 aliphatic carbocycles. The Balaban J connectivity index is 5.02. The third-order valence-corrected chi connectivity index (χ3v) is 4.51. The Hall–Kier alpha value is -2.76. The molecule has 3 atom stereocenters. The van der Waals surface area contributed by atoms with Gasteiger partial charge in [0.15, 0.2) is 6.61 Å². The molecule has 0 bridgehead atoms. The number of hydrogen-bond donors (Lipinski definition) is 0. The van der Waals surface area contributed by atoms with Gasteiger partial charge in [-0.1, -0.05) is 12.8 Å². The zero-order chi connectivity index (χ0) is 22.0. The predicted octanol–water partition coefficient (Wildman–Crippen LogP) is 0.724. The largest absolute Gasteiger partial charge is 0.464 e. The first-order chi connectivity index (χ1) is 13.0. The summed E-state index contributed by atoms with van der Waals surface area (Å²) in [5, 5.41) is 0. The lowest BCUT2D eigenvalue weighted by molar-refractivity contribution is -0.156. The fourth-order valence-corrected chi connectivity index (χ4v) is 2.15. The van der Waals surface area contributed by atoms with Gasteiger partial charge < -0.3 is 19.3 Å². The molecule has 28 heavy (non-hydrogen) atoms. The maximum Gasteiger partial charge on any atom is 0.411 e. The number of esters is 1. The molecule has 0 aromatic carbocycles. The molecule has 0 heterocycles. The van der Waals surface area contributed by atoms with Gasteiger partial charge in [0.05, 0.1) is 6.61 Å². The maximum absolute atomic E-state index is 12.7. The summed E-state index contributed by atoms with van der Waals surface area (Å²) in [6.07, 6.45) is 4.98. The van der Waals surface area contributed by atoms with Crippen molar-refractivity contribution in [2.24, 2.45) is 0 Å². The first-order valence-corrected chi connectivity index (χ1v) is 9.04. The molecule has 0 saturated carbocycles. The van der Waals surface area contributed by atoms with Gasteiger partial charge in [0, 0.05) is 21.1 Å². The second-order valence-corrected chi connectivity index (χ2v) is 6.46. The van der Waals surface area contributed by atoms with Gasteiger partial charge in [0.25, 0.3) is 0 Å². The molecule has 3 unspecified atom stereocenters. The monoisotopic (exact) mass is 397 g/mol. The molecule has 3 amide bonds. The highest BCUT2D eigenvalue weighted by Crippen LogP contribution is 2.10. The number of amides is 3. The number of likely N-dealkylation sites (N-methyl/N-ethyl adjacent to an activating group) is 3. The Labute approximate surface area is 166 Å². The first kappa shape index (κ1) is 25.2. The number of nitrogens with zero attached hydrogens (tertiary/aromatic N) is 3. The summed E-state index contributed by atoms with van der Waals surface area (Å²) in [5.74, 6) is 0.767. The van der Waals surface area contributed by atoms with Gasteiger partial charge in [0.2, 0.25) is 11.8 Å². The van der Waals surface area contributed by atoms with Crippen LogP contribution in [0.5, 0.6) is 0 Å². The molecular weight excluding hydrogens is 366 g/mol. The van der Waals surface area contributed by atoms with Crippen molar-refractivity contribution in [3.05, 3.63) is 0 Å². The van der Waals surface area contributed by atoms with Crippen LogP contribution in [0.2, 0.25) is 0 Å². The molecule has 158 valence electrons. The highest BCUT2D eigenvalue weighted by atomic mass is 16.6. The number of terminal acetylenes is 1. The van der Waals surface area contributed by atoms with Gasteiger partial charge in [-0.05, 0) is 27.2 Å². The van der Waals surface area contributed by atoms with Crippen molar-refractivity contribution < 1.29 is 28.7 Å². The maximum atomic E-state index is 12.7. The van der Waals surface area contributed by atoms with E-state index < -0.39 is 42.0 Å². The third-order valence-electron chi connectivity index (χ3n) is 4.51. The smallest absolute Gasteiger partial charge is 0.411 e. The Morgan fingerprint density at radius 3 is 1.79 bits per heavy atom. The van der Waals surface area contributed by atoms with Gasteiger partial charge in [-0.3, -0.25) is 14.5 Å². The summed E-state index contributed by atoms with van der Waals surface area (Å²) in [7, 11) is 4.33. The fraction of sp³-hybridized carbons (Fsp3) is 0.684. The van der Waals surface area contributed by atoms with Crippen LogP contribution in [0.25, 0.3) is 0 Å². The van der Waals surface area contributed by atoms with E-state index in [4.69, 9.17) is 15.9 Å². The van der Waals surface area contributed by atoms with E-state index in [0.717, 1.165) is 4.90 Å². The van der Waals surface area contributed by atoms with Crippen LogP contribution in [-0.2, 0) is 23.9 Å². The van der Waals surface area contributed by atoms with Crippen LogP contribution in [0.4, 0.5) is 4.79 Å². The lowest BCUT2D eigenvalue weighted by atomic mass is 10.2. The standard InChI is InChI=1S/C19H31N3O6/c1-9-11-27-18(25)15(5)21(7)16(23)13(3)20(6)17(24)14(4)22(8)19(26)28-12-10-2/h2,13-15H,9,11-12H2,1,3-8H3. The Morgan fingerprint density at radius 2 is 1.32 bits per heavy atom. The van der Waals surface area contributed by atoms with E-state index in [1.165, 1.54) is 37.9 Å². The predicted molar refractivity (Wildman–Crippen MR) is 103 cm³/mol. The third kappa shape index (κ3) is 6.76. The second kappa shape index (κ2) is 11.8. The second-order valence-electron chi connectivity index (χ2n) is 6.46. The van der Waals surface area contributed by atoms with E-state index in [2.05, 4.69) is 5.92 Å². The molecule has 9 nitrogen and oxygen atoms in total. The van der Waals surface area contributed by atoms with E-state index in [0.29, 0.717) is 6.42 Å². The lowest BCUT2D eigenvalue weighted by Crippen LogP contribution is -2.54. The summed E-state index contributed by atoms with van der Waals surface area (Å²) < 4.78 is 9.85. The average Bonchev–Trinajstić information content (AvgIpc) is 2.70. The summed E-state index contributed by atoms with van der Waals surface area (Å²) in [4.78, 5) is 52.7. The molecule has 0 aromatic heterocycles. The number of rotatable bonds is 9. The molecule has 9 heteroatoms. The zero-order valence-electron chi connectivity index (χ0n) is 17.7. The van der Waals surface area contributed by atoms with Gasteiger partial charge in [-0.25, -0.2) is 9.59 Å². The molecule has 0 radical (unpaired) electrons. The molecule has 0 aliphatic heterocycles. The van der Waals surface area contributed by atoms with Gasteiger partial charge in [-0.2, -0.15) is 0 Å². The first-order valence-electron chi connectivity index (χ1n) is 9.04. The van der Waals surface area contributed by atoms with E-state index in [1.807, 2.05) is 6.92 Å².